The van der Waals surface area contributed by atoms with Crippen molar-refractivity contribution in [2.45, 2.75) is 0 Å². The van der Waals surface area contributed by atoms with Gasteiger partial charge in [-0.3, -0.25) is 0 Å². The quantitative estimate of drug-likeness (QED) is 0.178. The van der Waals surface area contributed by atoms with Crippen molar-refractivity contribution in [2.75, 3.05) is 0 Å². The second-order valence-electron chi connectivity index (χ2n) is 12.8. The largest absolute Gasteiger partial charge is 0.455 e. The number of benzene rings is 9. The summed E-state index contributed by atoms with van der Waals surface area (Å²) in [5.41, 5.74) is 11.5. The van der Waals surface area contributed by atoms with Crippen LogP contribution in [0.3, 0.4) is 0 Å². The summed E-state index contributed by atoms with van der Waals surface area (Å²) in [4.78, 5) is 0. The predicted octanol–water partition coefficient (Wildman–Crippen LogP) is 13.7. The fraction of sp³-hybridized carbons (Fsp3) is 0. The van der Waals surface area contributed by atoms with Crippen LogP contribution >= 0.6 is 0 Å². The summed E-state index contributed by atoms with van der Waals surface area (Å²) in [5, 5.41) is 9.73. The van der Waals surface area contributed by atoms with E-state index in [9.17, 15) is 0 Å². The topological polar surface area (TPSA) is 13.1 Å². The molecule has 0 aliphatic carbocycles. The molecule has 0 aliphatic heterocycles. The van der Waals surface area contributed by atoms with Gasteiger partial charge in [0.2, 0.25) is 0 Å². The van der Waals surface area contributed by atoms with Crippen molar-refractivity contribution in [3.8, 4) is 44.5 Å². The summed E-state index contributed by atoms with van der Waals surface area (Å²) in [5.74, 6) is 0. The van der Waals surface area contributed by atoms with Crippen LogP contribution in [0, 0.1) is 0 Å². The van der Waals surface area contributed by atoms with E-state index in [2.05, 4.69) is 182 Å². The Morgan fingerprint density at radius 1 is 0.286 bits per heavy atom. The Kier molecular flexibility index (Phi) is 6.25. The second-order valence-corrected chi connectivity index (χ2v) is 12.8. The minimum atomic E-state index is 0.901. The molecule has 49 heavy (non-hydrogen) atoms. The molecule has 0 fully saturated rings. The third kappa shape index (κ3) is 4.47. The van der Waals surface area contributed by atoms with E-state index < -0.39 is 0 Å². The zero-order valence-electron chi connectivity index (χ0n) is 26.7. The monoisotopic (exact) mass is 622 g/mol. The van der Waals surface area contributed by atoms with Gasteiger partial charge >= 0.3 is 0 Å². The van der Waals surface area contributed by atoms with E-state index in [0.717, 1.165) is 33.1 Å². The number of hydrogen-bond acceptors (Lipinski definition) is 1. The maximum absolute atomic E-state index is 6.55. The molecule has 0 radical (unpaired) electrons. The third-order valence-electron chi connectivity index (χ3n) is 10.0. The lowest BCUT2D eigenvalue weighted by atomic mass is 9.85. The molecule has 1 heterocycles. The minimum absolute atomic E-state index is 0.901. The van der Waals surface area contributed by atoms with Crippen LogP contribution in [0.25, 0.3) is 98.8 Å². The Labute approximate surface area is 284 Å². The van der Waals surface area contributed by atoms with Gasteiger partial charge in [-0.25, -0.2) is 0 Å². The fourth-order valence-corrected chi connectivity index (χ4v) is 7.76. The van der Waals surface area contributed by atoms with Gasteiger partial charge in [0.25, 0.3) is 0 Å². The standard InChI is InChI=1S/C48H30O/c1-3-12-31(13-4-1)34-24-22-32-23-25-35(29-37(32)28-34)46-39-16-7-9-18-41(39)47(42-19-10-8-17-40(42)46)36-26-27-45-44(30-36)43-21-11-20-38(48(43)49-45)33-14-5-2-6-15-33/h1-30H. The molecule has 0 aliphatic rings. The average molecular weight is 623 g/mol. The molecule has 0 N–H and O–H groups in total. The van der Waals surface area contributed by atoms with E-state index in [1.807, 2.05) is 0 Å². The summed E-state index contributed by atoms with van der Waals surface area (Å²) in [7, 11) is 0. The lowest BCUT2D eigenvalue weighted by Crippen LogP contribution is -1.91. The molecule has 1 aromatic heterocycles. The van der Waals surface area contributed by atoms with Gasteiger partial charge in [-0.15, -0.1) is 0 Å². The van der Waals surface area contributed by atoms with E-state index in [-0.39, 0.29) is 0 Å². The van der Waals surface area contributed by atoms with Crippen molar-refractivity contribution in [1.29, 1.82) is 0 Å². The van der Waals surface area contributed by atoms with Crippen molar-refractivity contribution in [1.82, 2.24) is 0 Å². The summed E-state index contributed by atoms with van der Waals surface area (Å²) in [6.45, 7) is 0. The highest BCUT2D eigenvalue weighted by Crippen LogP contribution is 2.45. The van der Waals surface area contributed by atoms with Crippen LogP contribution in [0.4, 0.5) is 0 Å². The van der Waals surface area contributed by atoms with E-state index >= 15 is 0 Å². The molecule has 0 saturated carbocycles. The smallest absolute Gasteiger partial charge is 0.143 e. The number of furan rings is 1. The third-order valence-corrected chi connectivity index (χ3v) is 10.0. The average Bonchev–Trinajstić information content (AvgIpc) is 3.55. The van der Waals surface area contributed by atoms with Gasteiger partial charge in [0, 0.05) is 16.3 Å². The summed E-state index contributed by atoms with van der Waals surface area (Å²) < 4.78 is 6.55. The van der Waals surface area contributed by atoms with Crippen LogP contribution in [0.2, 0.25) is 0 Å². The molecule has 1 heteroatoms. The van der Waals surface area contributed by atoms with Crippen LogP contribution in [0.1, 0.15) is 0 Å². The van der Waals surface area contributed by atoms with Gasteiger partial charge in [0.05, 0.1) is 0 Å². The molecule has 9 aromatic carbocycles. The molecular weight excluding hydrogens is 593 g/mol. The van der Waals surface area contributed by atoms with Crippen LogP contribution in [-0.4, -0.2) is 0 Å². The summed E-state index contributed by atoms with van der Waals surface area (Å²) >= 11 is 0. The van der Waals surface area contributed by atoms with E-state index in [1.165, 1.54) is 65.7 Å². The van der Waals surface area contributed by atoms with Gasteiger partial charge in [-0.05, 0) is 95.5 Å². The van der Waals surface area contributed by atoms with E-state index in [4.69, 9.17) is 4.42 Å². The molecule has 228 valence electrons. The summed E-state index contributed by atoms with van der Waals surface area (Å²) in [6, 6.07) is 65.7. The van der Waals surface area contributed by atoms with E-state index in [1.54, 1.807) is 0 Å². The molecule has 0 amide bonds. The van der Waals surface area contributed by atoms with Crippen molar-refractivity contribution >= 4 is 54.3 Å². The predicted molar refractivity (Wildman–Crippen MR) is 208 cm³/mol. The Morgan fingerprint density at radius 2 is 0.796 bits per heavy atom. The Morgan fingerprint density at radius 3 is 1.45 bits per heavy atom. The SMILES string of the molecule is c1ccc(-c2ccc3ccc(-c4c5ccccc5c(-c5ccc6oc7c(-c8ccccc8)cccc7c6c5)c5ccccc45)cc3c2)cc1. The first-order valence-electron chi connectivity index (χ1n) is 16.8. The molecule has 0 spiro atoms. The van der Waals surface area contributed by atoms with Crippen LogP contribution in [-0.2, 0) is 0 Å². The molecule has 1 nitrogen and oxygen atoms in total. The highest BCUT2D eigenvalue weighted by Gasteiger charge is 2.19. The normalized spacial score (nSPS) is 11.7. The fourth-order valence-electron chi connectivity index (χ4n) is 7.76. The first kappa shape index (κ1) is 27.7. The molecule has 0 atom stereocenters. The van der Waals surface area contributed by atoms with Crippen molar-refractivity contribution in [3.63, 3.8) is 0 Å². The van der Waals surface area contributed by atoms with Crippen molar-refractivity contribution in [2.24, 2.45) is 0 Å². The first-order chi connectivity index (χ1) is 24.3. The van der Waals surface area contributed by atoms with Gasteiger partial charge in [-0.2, -0.15) is 0 Å². The molecule has 0 unspecified atom stereocenters. The molecular formula is C48H30O. The maximum Gasteiger partial charge on any atom is 0.143 e. The maximum atomic E-state index is 6.55. The number of rotatable bonds is 4. The zero-order chi connectivity index (χ0) is 32.3. The van der Waals surface area contributed by atoms with Crippen LogP contribution in [0.15, 0.2) is 186 Å². The Bertz CT molecular complexity index is 2800. The molecule has 0 saturated heterocycles. The van der Waals surface area contributed by atoms with Crippen molar-refractivity contribution < 1.29 is 4.42 Å². The first-order valence-corrected chi connectivity index (χ1v) is 16.8. The lowest BCUT2D eigenvalue weighted by Gasteiger charge is -2.18. The van der Waals surface area contributed by atoms with Crippen LogP contribution < -0.4 is 0 Å². The minimum Gasteiger partial charge on any atom is -0.455 e. The van der Waals surface area contributed by atoms with Crippen LogP contribution in [0.5, 0.6) is 0 Å². The van der Waals surface area contributed by atoms with E-state index in [0.29, 0.717) is 0 Å². The Hall–Kier alpha value is -6.44. The molecule has 10 aromatic rings. The lowest BCUT2D eigenvalue weighted by molar-refractivity contribution is 0.670. The molecule has 0 bridgehead atoms. The van der Waals surface area contributed by atoms with Gasteiger partial charge < -0.3 is 4.42 Å². The second kappa shape index (κ2) is 11.1. The summed E-state index contributed by atoms with van der Waals surface area (Å²) in [6.07, 6.45) is 0. The molecule has 10 rings (SSSR count). The van der Waals surface area contributed by atoms with Gasteiger partial charge in [0.15, 0.2) is 0 Å². The number of fused-ring (bicyclic) bond motifs is 6. The van der Waals surface area contributed by atoms with Crippen molar-refractivity contribution in [3.05, 3.63) is 182 Å². The number of para-hydroxylation sites is 1. The highest BCUT2D eigenvalue weighted by atomic mass is 16.3. The Balaban J connectivity index is 1.20. The zero-order valence-corrected chi connectivity index (χ0v) is 26.7. The van der Waals surface area contributed by atoms with Gasteiger partial charge in [0.1, 0.15) is 11.2 Å². The highest BCUT2D eigenvalue weighted by molar-refractivity contribution is 6.22. The number of hydrogen-bond donors (Lipinski definition) is 0. The van der Waals surface area contributed by atoms with Gasteiger partial charge in [-0.1, -0.05) is 158 Å².